The molecule has 0 radical (unpaired) electrons. The molecule has 2 unspecified atom stereocenters. The van der Waals surface area contributed by atoms with Crippen LogP contribution in [0.1, 0.15) is 46.0 Å². The number of β-amino-alcohol motifs (C(OH)–C–C–N with tert-alkyl or cyclic N) is 1. The van der Waals surface area contributed by atoms with Gasteiger partial charge in [0.1, 0.15) is 0 Å². The quantitative estimate of drug-likeness (QED) is 0.687. The van der Waals surface area contributed by atoms with E-state index in [1.165, 1.54) is 38.8 Å². The number of aliphatic hydroxyl groups is 1. The molecular formula is C12H25NO. The van der Waals surface area contributed by atoms with Crippen LogP contribution in [-0.4, -0.2) is 35.7 Å². The molecule has 1 aliphatic heterocycles. The Morgan fingerprint density at radius 3 is 2.71 bits per heavy atom. The number of aliphatic hydroxyl groups excluding tert-OH is 1. The number of likely N-dealkylation sites (tertiary alicyclic amines) is 1. The molecule has 1 aliphatic rings. The molecule has 1 rings (SSSR count). The normalized spacial score (nSPS) is 29.4. The standard InChI is InChI=1S/C12H25NO/c1-3-4-5-6-8-13-9-7-11(2)12(14)10-13/h11-12,14H,3-10H2,1-2H3. The number of hydrogen-bond acceptors (Lipinski definition) is 2. The first-order valence-electron chi connectivity index (χ1n) is 6.14. The zero-order valence-electron chi connectivity index (χ0n) is 9.71. The van der Waals surface area contributed by atoms with Crippen LogP contribution < -0.4 is 0 Å². The average molecular weight is 199 g/mol. The highest BCUT2D eigenvalue weighted by molar-refractivity contribution is 4.76. The predicted octanol–water partition coefficient (Wildman–Crippen LogP) is 2.27. The molecule has 1 N–H and O–H groups in total. The van der Waals surface area contributed by atoms with Gasteiger partial charge in [0.25, 0.3) is 0 Å². The maximum Gasteiger partial charge on any atom is 0.0693 e. The van der Waals surface area contributed by atoms with Crippen molar-refractivity contribution in [2.24, 2.45) is 5.92 Å². The second kappa shape index (κ2) is 6.41. The smallest absolute Gasteiger partial charge is 0.0693 e. The van der Waals surface area contributed by atoms with Crippen molar-refractivity contribution in [2.75, 3.05) is 19.6 Å². The largest absolute Gasteiger partial charge is 0.392 e. The van der Waals surface area contributed by atoms with Crippen molar-refractivity contribution in [3.63, 3.8) is 0 Å². The number of piperidine rings is 1. The van der Waals surface area contributed by atoms with Crippen LogP contribution >= 0.6 is 0 Å². The lowest BCUT2D eigenvalue weighted by atomic mass is 9.96. The highest BCUT2D eigenvalue weighted by Crippen LogP contribution is 2.17. The van der Waals surface area contributed by atoms with Crippen molar-refractivity contribution in [3.8, 4) is 0 Å². The van der Waals surface area contributed by atoms with E-state index in [2.05, 4.69) is 18.7 Å². The van der Waals surface area contributed by atoms with Gasteiger partial charge in [0.2, 0.25) is 0 Å². The molecule has 0 aromatic carbocycles. The second-order valence-electron chi connectivity index (χ2n) is 4.69. The van der Waals surface area contributed by atoms with Crippen LogP contribution in [0, 0.1) is 5.92 Å². The molecule has 1 saturated heterocycles. The molecule has 0 aromatic heterocycles. The van der Waals surface area contributed by atoms with E-state index in [4.69, 9.17) is 0 Å². The zero-order chi connectivity index (χ0) is 10.4. The van der Waals surface area contributed by atoms with Crippen molar-refractivity contribution < 1.29 is 5.11 Å². The molecular weight excluding hydrogens is 174 g/mol. The summed E-state index contributed by atoms with van der Waals surface area (Å²) in [4.78, 5) is 2.42. The third-order valence-electron chi connectivity index (χ3n) is 3.33. The summed E-state index contributed by atoms with van der Waals surface area (Å²) in [6.45, 7) is 7.66. The second-order valence-corrected chi connectivity index (χ2v) is 4.69. The fraction of sp³-hybridized carbons (Fsp3) is 1.00. The summed E-state index contributed by atoms with van der Waals surface area (Å²) in [5.74, 6) is 0.502. The SMILES string of the molecule is CCCCCCN1CCC(C)C(O)C1. The number of unbranched alkanes of at least 4 members (excludes halogenated alkanes) is 3. The summed E-state index contributed by atoms with van der Waals surface area (Å²) in [7, 11) is 0. The molecule has 0 saturated carbocycles. The van der Waals surface area contributed by atoms with E-state index in [1.807, 2.05) is 0 Å². The fourth-order valence-corrected chi connectivity index (χ4v) is 2.08. The molecule has 2 heteroatoms. The summed E-state index contributed by atoms with van der Waals surface area (Å²) in [6.07, 6.45) is 6.38. The third-order valence-corrected chi connectivity index (χ3v) is 3.33. The fourth-order valence-electron chi connectivity index (χ4n) is 2.08. The van der Waals surface area contributed by atoms with E-state index < -0.39 is 0 Å². The van der Waals surface area contributed by atoms with Crippen molar-refractivity contribution >= 4 is 0 Å². The van der Waals surface area contributed by atoms with Crippen LogP contribution in [0.4, 0.5) is 0 Å². The molecule has 0 spiro atoms. The van der Waals surface area contributed by atoms with Gasteiger partial charge in [-0.3, -0.25) is 0 Å². The summed E-state index contributed by atoms with van der Waals surface area (Å²) < 4.78 is 0. The Kier molecular flexibility index (Phi) is 5.49. The lowest BCUT2D eigenvalue weighted by molar-refractivity contribution is 0.0286. The van der Waals surface area contributed by atoms with Gasteiger partial charge < -0.3 is 10.0 Å². The molecule has 0 amide bonds. The minimum Gasteiger partial charge on any atom is -0.392 e. The molecule has 14 heavy (non-hydrogen) atoms. The van der Waals surface area contributed by atoms with E-state index in [-0.39, 0.29) is 6.10 Å². The van der Waals surface area contributed by atoms with Gasteiger partial charge in [0.15, 0.2) is 0 Å². The molecule has 2 nitrogen and oxygen atoms in total. The molecule has 0 bridgehead atoms. The number of hydrogen-bond donors (Lipinski definition) is 1. The van der Waals surface area contributed by atoms with Crippen LogP contribution in [0.25, 0.3) is 0 Å². The minimum atomic E-state index is -0.0880. The van der Waals surface area contributed by atoms with E-state index in [0.29, 0.717) is 5.92 Å². The predicted molar refractivity (Wildman–Crippen MR) is 60.4 cm³/mol. The molecule has 84 valence electrons. The Hall–Kier alpha value is -0.0800. The van der Waals surface area contributed by atoms with Crippen molar-refractivity contribution in [1.29, 1.82) is 0 Å². The highest BCUT2D eigenvalue weighted by Gasteiger charge is 2.23. The van der Waals surface area contributed by atoms with Gasteiger partial charge in [0.05, 0.1) is 6.10 Å². The molecule has 1 heterocycles. The maximum absolute atomic E-state index is 9.71. The summed E-state index contributed by atoms with van der Waals surface area (Å²) in [5, 5.41) is 9.71. The summed E-state index contributed by atoms with van der Waals surface area (Å²) >= 11 is 0. The Labute approximate surface area is 88.3 Å². The average Bonchev–Trinajstić information content (AvgIpc) is 2.18. The van der Waals surface area contributed by atoms with Gasteiger partial charge in [-0.1, -0.05) is 33.1 Å². The molecule has 1 fully saturated rings. The Morgan fingerprint density at radius 2 is 2.07 bits per heavy atom. The Morgan fingerprint density at radius 1 is 1.29 bits per heavy atom. The van der Waals surface area contributed by atoms with Crippen LogP contribution in [0.2, 0.25) is 0 Å². The van der Waals surface area contributed by atoms with Crippen molar-refractivity contribution in [1.82, 2.24) is 4.90 Å². The lowest BCUT2D eigenvalue weighted by Gasteiger charge is -2.34. The van der Waals surface area contributed by atoms with Crippen LogP contribution in [0.3, 0.4) is 0 Å². The summed E-state index contributed by atoms with van der Waals surface area (Å²) in [6, 6.07) is 0. The first-order chi connectivity index (χ1) is 6.74. The van der Waals surface area contributed by atoms with E-state index in [9.17, 15) is 5.11 Å². The summed E-state index contributed by atoms with van der Waals surface area (Å²) in [5.41, 5.74) is 0. The number of rotatable bonds is 5. The lowest BCUT2D eigenvalue weighted by Crippen LogP contribution is -2.43. The van der Waals surface area contributed by atoms with Gasteiger partial charge in [-0.05, 0) is 31.8 Å². The van der Waals surface area contributed by atoms with Gasteiger partial charge in [-0.15, -0.1) is 0 Å². The molecule has 2 atom stereocenters. The van der Waals surface area contributed by atoms with Gasteiger partial charge in [-0.25, -0.2) is 0 Å². The maximum atomic E-state index is 9.71. The first-order valence-corrected chi connectivity index (χ1v) is 6.14. The Bertz CT molecular complexity index is 149. The van der Waals surface area contributed by atoms with Gasteiger partial charge >= 0.3 is 0 Å². The van der Waals surface area contributed by atoms with Gasteiger partial charge in [0, 0.05) is 6.54 Å². The van der Waals surface area contributed by atoms with Crippen LogP contribution in [0.5, 0.6) is 0 Å². The molecule has 0 aromatic rings. The van der Waals surface area contributed by atoms with Gasteiger partial charge in [-0.2, -0.15) is 0 Å². The van der Waals surface area contributed by atoms with E-state index in [0.717, 1.165) is 13.0 Å². The van der Waals surface area contributed by atoms with Crippen LogP contribution in [-0.2, 0) is 0 Å². The molecule has 0 aliphatic carbocycles. The highest BCUT2D eigenvalue weighted by atomic mass is 16.3. The van der Waals surface area contributed by atoms with Crippen LogP contribution in [0.15, 0.2) is 0 Å². The first kappa shape index (κ1) is 12.0. The monoisotopic (exact) mass is 199 g/mol. The topological polar surface area (TPSA) is 23.5 Å². The zero-order valence-corrected chi connectivity index (χ0v) is 9.71. The van der Waals surface area contributed by atoms with Crippen molar-refractivity contribution in [3.05, 3.63) is 0 Å². The van der Waals surface area contributed by atoms with E-state index >= 15 is 0 Å². The van der Waals surface area contributed by atoms with E-state index in [1.54, 1.807) is 0 Å². The minimum absolute atomic E-state index is 0.0880. The number of nitrogens with zero attached hydrogens (tertiary/aromatic N) is 1. The van der Waals surface area contributed by atoms with Crippen molar-refractivity contribution in [2.45, 2.75) is 52.1 Å². The Balaban J connectivity index is 2.07. The third kappa shape index (κ3) is 3.97.